The van der Waals surface area contributed by atoms with Crippen molar-refractivity contribution in [2.24, 2.45) is 0 Å². The maximum absolute atomic E-state index is 6.69. The fourth-order valence-corrected chi connectivity index (χ4v) is 7.02. The lowest BCUT2D eigenvalue weighted by Crippen LogP contribution is -2.00. The smallest absolute Gasteiger partial charge is 0.180 e. The molecule has 0 spiro atoms. The van der Waals surface area contributed by atoms with Crippen molar-refractivity contribution in [1.82, 2.24) is 24.9 Å². The van der Waals surface area contributed by atoms with Gasteiger partial charge < -0.3 is 4.42 Å². The standard InChI is InChI=1S/C49H31N5O/c1-5-14-32(15-6-1)34-24-28-36(29-25-34)43-45-44(51-46(50-43)37-18-9-3-10-19-37)42-40(22-13-23-41(42)55-45)49-53-47(38-20-11-4-12-21-38)52-48(54-49)39-30-26-35(27-31-39)33-16-7-2-8-17-33/h1-31H. The van der Waals surface area contributed by atoms with Crippen molar-refractivity contribution in [1.29, 1.82) is 0 Å². The molecular formula is C49H31N5O. The first-order chi connectivity index (χ1) is 27.2. The largest absolute Gasteiger partial charge is 0.452 e. The zero-order valence-corrected chi connectivity index (χ0v) is 29.5. The molecule has 0 unspecified atom stereocenters. The monoisotopic (exact) mass is 705 g/mol. The molecule has 55 heavy (non-hydrogen) atoms. The van der Waals surface area contributed by atoms with Crippen LogP contribution < -0.4 is 0 Å². The van der Waals surface area contributed by atoms with Gasteiger partial charge in [0.05, 0.1) is 5.39 Å². The second kappa shape index (κ2) is 13.8. The van der Waals surface area contributed by atoms with E-state index in [2.05, 4.69) is 84.9 Å². The van der Waals surface area contributed by atoms with E-state index in [1.807, 2.05) is 103 Å². The number of fused-ring (bicyclic) bond motifs is 3. The van der Waals surface area contributed by atoms with Gasteiger partial charge in [-0.2, -0.15) is 0 Å². The van der Waals surface area contributed by atoms with Crippen molar-refractivity contribution in [2.45, 2.75) is 0 Å². The molecular weight excluding hydrogens is 675 g/mol. The van der Waals surface area contributed by atoms with Gasteiger partial charge in [0.1, 0.15) is 16.8 Å². The second-order valence-corrected chi connectivity index (χ2v) is 13.3. The van der Waals surface area contributed by atoms with Gasteiger partial charge >= 0.3 is 0 Å². The van der Waals surface area contributed by atoms with Gasteiger partial charge in [-0.05, 0) is 28.3 Å². The van der Waals surface area contributed by atoms with Crippen LogP contribution in [0.4, 0.5) is 0 Å². The summed E-state index contributed by atoms with van der Waals surface area (Å²) in [5.74, 6) is 2.29. The van der Waals surface area contributed by atoms with E-state index in [0.717, 1.165) is 55.5 Å². The lowest BCUT2D eigenvalue weighted by atomic mass is 10.0. The summed E-state index contributed by atoms with van der Waals surface area (Å²) < 4.78 is 6.69. The van der Waals surface area contributed by atoms with E-state index in [1.165, 1.54) is 0 Å². The third-order valence-corrected chi connectivity index (χ3v) is 9.80. The van der Waals surface area contributed by atoms with Crippen LogP contribution in [-0.4, -0.2) is 24.9 Å². The number of rotatable bonds is 7. The molecule has 0 saturated heterocycles. The van der Waals surface area contributed by atoms with Gasteiger partial charge in [0, 0.05) is 27.8 Å². The molecule has 3 aromatic heterocycles. The van der Waals surface area contributed by atoms with Crippen LogP contribution >= 0.6 is 0 Å². The molecule has 0 atom stereocenters. The summed E-state index contributed by atoms with van der Waals surface area (Å²) in [5.41, 5.74) is 11.6. The van der Waals surface area contributed by atoms with Gasteiger partial charge in [0.15, 0.2) is 28.9 Å². The molecule has 0 fully saturated rings. The second-order valence-electron chi connectivity index (χ2n) is 13.3. The van der Waals surface area contributed by atoms with Crippen LogP contribution in [0.2, 0.25) is 0 Å². The first-order valence-electron chi connectivity index (χ1n) is 18.2. The predicted octanol–water partition coefficient (Wildman–Crippen LogP) is 12.2. The molecule has 0 aliphatic carbocycles. The third-order valence-electron chi connectivity index (χ3n) is 9.80. The highest BCUT2D eigenvalue weighted by molar-refractivity contribution is 6.13. The van der Waals surface area contributed by atoms with E-state index >= 15 is 0 Å². The maximum atomic E-state index is 6.69. The van der Waals surface area contributed by atoms with Gasteiger partial charge in [-0.1, -0.05) is 182 Å². The minimum atomic E-state index is 0.526. The number of benzene rings is 7. The minimum absolute atomic E-state index is 0.526. The Morgan fingerprint density at radius 3 is 1.22 bits per heavy atom. The number of hydrogen-bond donors (Lipinski definition) is 0. The van der Waals surface area contributed by atoms with Crippen molar-refractivity contribution in [2.75, 3.05) is 0 Å². The summed E-state index contributed by atoms with van der Waals surface area (Å²) in [6.45, 7) is 0. The van der Waals surface area contributed by atoms with E-state index < -0.39 is 0 Å². The van der Waals surface area contributed by atoms with E-state index in [4.69, 9.17) is 29.3 Å². The Morgan fingerprint density at radius 1 is 0.291 bits per heavy atom. The van der Waals surface area contributed by atoms with Gasteiger partial charge in [-0.15, -0.1) is 0 Å². The Labute approximate surface area is 317 Å². The highest BCUT2D eigenvalue weighted by Crippen LogP contribution is 2.40. The summed E-state index contributed by atoms with van der Waals surface area (Å²) in [5, 5.41) is 0.815. The lowest BCUT2D eigenvalue weighted by Gasteiger charge is -2.10. The van der Waals surface area contributed by atoms with Gasteiger partial charge in [0.2, 0.25) is 0 Å². The molecule has 6 nitrogen and oxygen atoms in total. The summed E-state index contributed by atoms with van der Waals surface area (Å²) in [6, 6.07) is 63.5. The van der Waals surface area contributed by atoms with Crippen molar-refractivity contribution in [3.8, 4) is 79.1 Å². The summed E-state index contributed by atoms with van der Waals surface area (Å²) in [4.78, 5) is 25.5. The fourth-order valence-electron chi connectivity index (χ4n) is 7.02. The maximum Gasteiger partial charge on any atom is 0.180 e. The Bertz CT molecular complexity index is 2930. The van der Waals surface area contributed by atoms with E-state index in [-0.39, 0.29) is 0 Å². The topological polar surface area (TPSA) is 77.6 Å². The van der Waals surface area contributed by atoms with Crippen LogP contribution in [0, 0.1) is 0 Å². The van der Waals surface area contributed by atoms with Crippen LogP contribution in [0.5, 0.6) is 0 Å². The first-order valence-corrected chi connectivity index (χ1v) is 18.2. The van der Waals surface area contributed by atoms with Crippen molar-refractivity contribution in [3.63, 3.8) is 0 Å². The fraction of sp³-hybridized carbons (Fsp3) is 0. The summed E-state index contributed by atoms with van der Waals surface area (Å²) in [6.07, 6.45) is 0. The number of aromatic nitrogens is 5. The van der Waals surface area contributed by atoms with Crippen LogP contribution in [0.25, 0.3) is 101 Å². The number of nitrogens with zero attached hydrogens (tertiary/aromatic N) is 5. The van der Waals surface area contributed by atoms with Gasteiger partial charge in [0.25, 0.3) is 0 Å². The van der Waals surface area contributed by atoms with Crippen LogP contribution in [0.1, 0.15) is 0 Å². The molecule has 0 bridgehead atoms. The molecule has 3 heterocycles. The number of furan rings is 1. The molecule has 0 radical (unpaired) electrons. The molecule has 0 aliphatic heterocycles. The first kappa shape index (κ1) is 32.1. The summed E-state index contributed by atoms with van der Waals surface area (Å²) >= 11 is 0. The molecule has 6 heteroatoms. The Balaban J connectivity index is 1.17. The highest BCUT2D eigenvalue weighted by atomic mass is 16.3. The molecule has 0 amide bonds. The van der Waals surface area contributed by atoms with Crippen molar-refractivity contribution >= 4 is 22.1 Å². The van der Waals surface area contributed by atoms with Crippen LogP contribution in [-0.2, 0) is 0 Å². The molecule has 10 rings (SSSR count). The number of hydrogen-bond acceptors (Lipinski definition) is 6. The van der Waals surface area contributed by atoms with Crippen LogP contribution in [0.15, 0.2) is 192 Å². The van der Waals surface area contributed by atoms with Crippen molar-refractivity contribution in [3.05, 3.63) is 188 Å². The minimum Gasteiger partial charge on any atom is -0.452 e. The van der Waals surface area contributed by atoms with Crippen molar-refractivity contribution < 1.29 is 4.42 Å². The highest BCUT2D eigenvalue weighted by Gasteiger charge is 2.23. The molecule has 10 aromatic rings. The zero-order valence-electron chi connectivity index (χ0n) is 29.5. The molecule has 7 aromatic carbocycles. The summed E-state index contributed by atoms with van der Waals surface area (Å²) in [7, 11) is 0. The predicted molar refractivity (Wildman–Crippen MR) is 221 cm³/mol. The van der Waals surface area contributed by atoms with Gasteiger partial charge in [-0.3, -0.25) is 0 Å². The Morgan fingerprint density at radius 2 is 0.691 bits per heavy atom. The van der Waals surface area contributed by atoms with Crippen LogP contribution in [0.3, 0.4) is 0 Å². The Hall–Kier alpha value is -7.57. The Kier molecular flexibility index (Phi) is 8.04. The third kappa shape index (κ3) is 6.11. The molecule has 0 N–H and O–H groups in total. The average Bonchev–Trinajstić information content (AvgIpc) is 3.66. The normalized spacial score (nSPS) is 11.3. The van der Waals surface area contributed by atoms with Gasteiger partial charge in [-0.25, -0.2) is 24.9 Å². The van der Waals surface area contributed by atoms with E-state index in [9.17, 15) is 0 Å². The lowest BCUT2D eigenvalue weighted by molar-refractivity contribution is 0.667. The molecule has 258 valence electrons. The molecule has 0 aliphatic rings. The SMILES string of the molecule is c1ccc(-c2ccc(-c3nc(-c4ccccc4)nc(-c4cccc5oc6c(-c7ccc(-c8ccccc8)cc7)nc(-c7ccccc7)nc6c45)n3)cc2)cc1. The van der Waals surface area contributed by atoms with E-state index in [1.54, 1.807) is 0 Å². The molecule has 0 saturated carbocycles. The van der Waals surface area contributed by atoms with E-state index in [0.29, 0.717) is 45.7 Å². The zero-order chi connectivity index (χ0) is 36.6. The average molecular weight is 706 g/mol. The quantitative estimate of drug-likeness (QED) is 0.164.